The molecule has 88 valence electrons. The van der Waals surface area contributed by atoms with Crippen molar-refractivity contribution in [2.24, 2.45) is 0 Å². The van der Waals surface area contributed by atoms with Crippen LogP contribution in [0.15, 0.2) is 6.33 Å². The van der Waals surface area contributed by atoms with Crippen molar-refractivity contribution in [2.45, 2.75) is 13.0 Å². The fraction of sp³-hybridized carbons (Fsp3) is 0.600. The van der Waals surface area contributed by atoms with Crippen molar-refractivity contribution < 1.29 is 5.11 Å². The van der Waals surface area contributed by atoms with Crippen molar-refractivity contribution in [3.05, 3.63) is 17.0 Å². The molecule has 0 spiro atoms. The Morgan fingerprint density at radius 3 is 2.75 bits per heavy atom. The summed E-state index contributed by atoms with van der Waals surface area (Å²) in [6.45, 7) is 3.57. The van der Waals surface area contributed by atoms with E-state index in [4.69, 9.17) is 11.6 Å². The summed E-state index contributed by atoms with van der Waals surface area (Å²) in [6.07, 6.45) is 0.809. The van der Waals surface area contributed by atoms with Crippen molar-refractivity contribution >= 4 is 29.2 Å². The molecule has 1 aliphatic heterocycles. The van der Waals surface area contributed by atoms with Gasteiger partial charge < -0.3 is 10.0 Å². The SMILES string of the molecule is CC(O)c1c(Cl)ncnc1N1CCSCC1. The molecule has 2 heterocycles. The van der Waals surface area contributed by atoms with E-state index in [9.17, 15) is 5.11 Å². The second-order valence-electron chi connectivity index (χ2n) is 3.68. The number of rotatable bonds is 2. The number of aliphatic hydroxyl groups excluding tert-OH is 1. The molecule has 0 saturated carbocycles. The molecule has 16 heavy (non-hydrogen) atoms. The lowest BCUT2D eigenvalue weighted by Gasteiger charge is -2.29. The van der Waals surface area contributed by atoms with E-state index in [0.717, 1.165) is 30.4 Å². The molecule has 0 radical (unpaired) electrons. The van der Waals surface area contributed by atoms with Gasteiger partial charge in [0.05, 0.1) is 11.7 Å². The molecule has 0 amide bonds. The summed E-state index contributed by atoms with van der Waals surface area (Å²) in [6, 6.07) is 0. The van der Waals surface area contributed by atoms with Crippen LogP contribution in [0.3, 0.4) is 0 Å². The zero-order valence-electron chi connectivity index (χ0n) is 9.06. The van der Waals surface area contributed by atoms with Crippen molar-refractivity contribution in [1.29, 1.82) is 0 Å². The maximum atomic E-state index is 9.72. The zero-order valence-corrected chi connectivity index (χ0v) is 10.6. The minimum atomic E-state index is -0.640. The van der Waals surface area contributed by atoms with Gasteiger partial charge in [-0.2, -0.15) is 11.8 Å². The second-order valence-corrected chi connectivity index (χ2v) is 5.26. The van der Waals surface area contributed by atoms with Crippen LogP contribution in [0, 0.1) is 0 Å². The molecule has 1 unspecified atom stereocenters. The van der Waals surface area contributed by atoms with Crippen LogP contribution in [-0.4, -0.2) is 39.7 Å². The van der Waals surface area contributed by atoms with Crippen molar-refractivity contribution in [3.63, 3.8) is 0 Å². The average molecular weight is 260 g/mol. The molecule has 1 aromatic heterocycles. The molecule has 2 rings (SSSR count). The highest BCUT2D eigenvalue weighted by molar-refractivity contribution is 7.99. The first kappa shape index (κ1) is 12.0. The predicted molar refractivity (Wildman–Crippen MR) is 67.2 cm³/mol. The molecule has 6 heteroatoms. The molecule has 0 aliphatic carbocycles. The van der Waals surface area contributed by atoms with E-state index < -0.39 is 6.10 Å². The van der Waals surface area contributed by atoms with Crippen molar-refractivity contribution in [3.8, 4) is 0 Å². The number of halogens is 1. The smallest absolute Gasteiger partial charge is 0.140 e. The van der Waals surface area contributed by atoms with E-state index in [1.54, 1.807) is 6.92 Å². The van der Waals surface area contributed by atoms with Crippen molar-refractivity contribution in [1.82, 2.24) is 9.97 Å². The Morgan fingerprint density at radius 1 is 1.44 bits per heavy atom. The van der Waals surface area contributed by atoms with Crippen molar-refractivity contribution in [2.75, 3.05) is 29.5 Å². The van der Waals surface area contributed by atoms with Gasteiger partial charge in [-0.1, -0.05) is 11.6 Å². The predicted octanol–water partition coefficient (Wildman–Crippen LogP) is 1.74. The highest BCUT2D eigenvalue weighted by Crippen LogP contribution is 2.30. The summed E-state index contributed by atoms with van der Waals surface area (Å²) < 4.78 is 0. The van der Waals surface area contributed by atoms with Gasteiger partial charge in [0.25, 0.3) is 0 Å². The Labute approximate surface area is 104 Å². The van der Waals surface area contributed by atoms with Crippen LogP contribution < -0.4 is 4.90 Å². The largest absolute Gasteiger partial charge is 0.388 e. The molecule has 0 bridgehead atoms. The molecular weight excluding hydrogens is 246 g/mol. The number of thioether (sulfide) groups is 1. The summed E-state index contributed by atoms with van der Waals surface area (Å²) in [5, 5.41) is 10.1. The summed E-state index contributed by atoms with van der Waals surface area (Å²) in [4.78, 5) is 10.3. The van der Waals surface area contributed by atoms with Crippen LogP contribution in [0.4, 0.5) is 5.82 Å². The normalized spacial score (nSPS) is 18.6. The van der Waals surface area contributed by atoms with Gasteiger partial charge in [0.15, 0.2) is 0 Å². The highest BCUT2D eigenvalue weighted by atomic mass is 35.5. The minimum Gasteiger partial charge on any atom is -0.388 e. The Bertz CT molecular complexity index is 369. The third-order valence-electron chi connectivity index (χ3n) is 2.54. The van der Waals surface area contributed by atoms with Gasteiger partial charge in [0.2, 0.25) is 0 Å². The lowest BCUT2D eigenvalue weighted by atomic mass is 10.2. The molecule has 1 aliphatic rings. The molecule has 1 saturated heterocycles. The van der Waals surface area contributed by atoms with Crippen LogP contribution in [0.5, 0.6) is 0 Å². The fourth-order valence-corrected chi connectivity index (χ4v) is 2.94. The topological polar surface area (TPSA) is 49.3 Å². The van der Waals surface area contributed by atoms with Gasteiger partial charge in [-0.3, -0.25) is 0 Å². The van der Waals surface area contributed by atoms with Gasteiger partial charge in [-0.15, -0.1) is 0 Å². The van der Waals surface area contributed by atoms with E-state index in [0.29, 0.717) is 10.7 Å². The fourth-order valence-electron chi connectivity index (χ4n) is 1.75. The third-order valence-corrected chi connectivity index (χ3v) is 3.79. The Morgan fingerprint density at radius 2 is 2.12 bits per heavy atom. The summed E-state index contributed by atoms with van der Waals surface area (Å²) in [7, 11) is 0. The molecule has 4 nitrogen and oxygen atoms in total. The number of nitrogens with zero attached hydrogens (tertiary/aromatic N) is 3. The molecule has 1 N–H and O–H groups in total. The number of hydrogen-bond donors (Lipinski definition) is 1. The van der Waals surface area contributed by atoms with E-state index in [-0.39, 0.29) is 0 Å². The summed E-state index contributed by atoms with van der Waals surface area (Å²) in [5.74, 6) is 2.94. The number of aliphatic hydroxyl groups is 1. The first-order valence-electron chi connectivity index (χ1n) is 5.21. The highest BCUT2D eigenvalue weighted by Gasteiger charge is 2.21. The first-order valence-corrected chi connectivity index (χ1v) is 6.74. The molecule has 1 atom stereocenters. The second kappa shape index (κ2) is 5.21. The molecule has 1 fully saturated rings. The number of anilines is 1. The maximum Gasteiger partial charge on any atom is 0.140 e. The van der Waals surface area contributed by atoms with E-state index >= 15 is 0 Å². The summed E-state index contributed by atoms with van der Waals surface area (Å²) in [5.41, 5.74) is 0.635. The van der Waals surface area contributed by atoms with E-state index in [1.807, 2.05) is 11.8 Å². The van der Waals surface area contributed by atoms with E-state index in [2.05, 4.69) is 14.9 Å². The Balaban J connectivity index is 2.34. The quantitative estimate of drug-likeness (QED) is 0.820. The van der Waals surface area contributed by atoms with Crippen LogP contribution in [0.1, 0.15) is 18.6 Å². The first-order chi connectivity index (χ1) is 7.70. The zero-order chi connectivity index (χ0) is 11.5. The Kier molecular flexibility index (Phi) is 3.89. The van der Waals surface area contributed by atoms with Gasteiger partial charge >= 0.3 is 0 Å². The standard InChI is InChI=1S/C10H14ClN3OS/c1-7(15)8-9(11)12-6-13-10(8)14-2-4-16-5-3-14/h6-7,15H,2-5H2,1H3. The maximum absolute atomic E-state index is 9.72. The van der Waals surface area contributed by atoms with Crippen LogP contribution in [0.25, 0.3) is 0 Å². The van der Waals surface area contributed by atoms with Gasteiger partial charge in [-0.25, -0.2) is 9.97 Å². The molecule has 0 aromatic carbocycles. The lowest BCUT2D eigenvalue weighted by Crippen LogP contribution is -2.34. The third kappa shape index (κ3) is 2.42. The van der Waals surface area contributed by atoms with Gasteiger partial charge in [0, 0.05) is 24.6 Å². The number of aromatic nitrogens is 2. The minimum absolute atomic E-state index is 0.346. The lowest BCUT2D eigenvalue weighted by molar-refractivity contribution is 0.199. The molecule has 1 aromatic rings. The van der Waals surface area contributed by atoms with Crippen LogP contribution in [-0.2, 0) is 0 Å². The monoisotopic (exact) mass is 259 g/mol. The Hall–Kier alpha value is -0.520. The van der Waals surface area contributed by atoms with Gasteiger partial charge in [0.1, 0.15) is 17.3 Å². The number of hydrogen-bond acceptors (Lipinski definition) is 5. The summed E-state index contributed by atoms with van der Waals surface area (Å²) >= 11 is 7.93. The average Bonchev–Trinajstić information content (AvgIpc) is 2.29. The van der Waals surface area contributed by atoms with E-state index in [1.165, 1.54) is 6.33 Å². The molecular formula is C10H14ClN3OS. The van der Waals surface area contributed by atoms with Crippen LogP contribution in [0.2, 0.25) is 5.15 Å². The van der Waals surface area contributed by atoms with Gasteiger partial charge in [-0.05, 0) is 6.92 Å². The van der Waals surface area contributed by atoms with Crippen LogP contribution >= 0.6 is 23.4 Å².